The molecule has 1 aromatic heterocycles. The highest BCUT2D eigenvalue weighted by atomic mass is 16.5. The molecule has 0 spiro atoms. The van der Waals surface area contributed by atoms with Crippen LogP contribution in [-0.4, -0.2) is 70.1 Å². The first-order valence-electron chi connectivity index (χ1n) is 7.92. The summed E-state index contributed by atoms with van der Waals surface area (Å²) in [5.74, 6) is 1.54. The molecule has 2 heterocycles. The lowest BCUT2D eigenvalue weighted by atomic mass is 10.1. The van der Waals surface area contributed by atoms with Crippen LogP contribution in [0.15, 0.2) is 18.2 Å². The lowest BCUT2D eigenvalue weighted by molar-refractivity contribution is -0.00279. The van der Waals surface area contributed by atoms with Gasteiger partial charge in [0.2, 0.25) is 0 Å². The molecule has 8 nitrogen and oxygen atoms in total. The number of β-amino-alcohol motifs (C(OH)–C–C–N with tert-alkyl or cyclic N) is 1. The lowest BCUT2D eigenvalue weighted by Crippen LogP contribution is -2.43. The number of rotatable bonds is 5. The van der Waals surface area contributed by atoms with Crippen molar-refractivity contribution in [1.29, 1.82) is 0 Å². The van der Waals surface area contributed by atoms with Crippen LogP contribution < -0.4 is 10.1 Å². The Bertz CT molecular complexity index is 732. The van der Waals surface area contributed by atoms with Gasteiger partial charge in [-0.05, 0) is 18.6 Å². The van der Waals surface area contributed by atoms with Crippen LogP contribution in [0, 0.1) is 0 Å². The zero-order chi connectivity index (χ0) is 17.2. The fourth-order valence-corrected chi connectivity index (χ4v) is 2.85. The van der Waals surface area contributed by atoms with Gasteiger partial charge in [-0.1, -0.05) is 0 Å². The number of likely N-dealkylation sites (tertiary alicyclic amines) is 1. The smallest absolute Gasteiger partial charge is 0.317 e. The molecular weight excluding hydrogens is 312 g/mol. The van der Waals surface area contributed by atoms with Gasteiger partial charge in [-0.25, -0.2) is 9.78 Å². The van der Waals surface area contributed by atoms with Crippen molar-refractivity contribution in [2.75, 3.05) is 33.4 Å². The molecule has 2 amide bonds. The molecule has 1 aromatic carbocycles. The third-order valence-corrected chi connectivity index (χ3v) is 4.29. The normalized spacial score (nSPS) is 20.5. The first-order valence-corrected chi connectivity index (χ1v) is 7.92. The maximum absolute atomic E-state index is 12.1. The van der Waals surface area contributed by atoms with Gasteiger partial charge in [-0.15, -0.1) is 0 Å². The molecule has 3 rings (SSSR count). The van der Waals surface area contributed by atoms with Gasteiger partial charge in [0.1, 0.15) is 17.2 Å². The van der Waals surface area contributed by atoms with Crippen LogP contribution >= 0.6 is 0 Å². The highest BCUT2D eigenvalue weighted by molar-refractivity contribution is 5.77. The number of benzene rings is 1. The van der Waals surface area contributed by atoms with Crippen LogP contribution in [0.5, 0.6) is 5.75 Å². The number of imidazole rings is 1. The molecule has 8 heteroatoms. The van der Waals surface area contributed by atoms with Crippen LogP contribution in [-0.2, 0) is 6.42 Å². The molecule has 1 fully saturated rings. The van der Waals surface area contributed by atoms with Crippen LogP contribution in [0.2, 0.25) is 0 Å². The first kappa shape index (κ1) is 16.5. The number of hydrogen-bond acceptors (Lipinski definition) is 5. The molecule has 1 atom stereocenters. The molecule has 1 aliphatic rings. The number of H-pyrrole nitrogens is 1. The fraction of sp³-hybridized carbons (Fsp3) is 0.500. The predicted octanol–water partition coefficient (Wildman–Crippen LogP) is 0.253. The summed E-state index contributed by atoms with van der Waals surface area (Å²) in [6.45, 7) is 0.691. The van der Waals surface area contributed by atoms with Crippen molar-refractivity contribution in [3.8, 4) is 5.75 Å². The van der Waals surface area contributed by atoms with E-state index in [1.807, 2.05) is 18.2 Å². The average molecular weight is 334 g/mol. The van der Waals surface area contributed by atoms with Crippen molar-refractivity contribution in [1.82, 2.24) is 20.2 Å². The summed E-state index contributed by atoms with van der Waals surface area (Å²) >= 11 is 0. The molecular formula is C16H22N4O4. The van der Waals surface area contributed by atoms with Gasteiger partial charge in [0, 0.05) is 25.6 Å². The SMILES string of the molecule is COc1ccc2nc(CCNC(=O)N3CCC(O)(CO)C3)[nH]c2c1. The number of hydrogen-bond donors (Lipinski definition) is 4. The summed E-state index contributed by atoms with van der Waals surface area (Å²) in [4.78, 5) is 21.3. The number of aliphatic hydroxyl groups excluding tert-OH is 1. The van der Waals surface area contributed by atoms with E-state index in [-0.39, 0.29) is 19.2 Å². The van der Waals surface area contributed by atoms with E-state index in [1.54, 1.807) is 7.11 Å². The van der Waals surface area contributed by atoms with Gasteiger partial charge in [0.25, 0.3) is 0 Å². The number of methoxy groups -OCH3 is 1. The van der Waals surface area contributed by atoms with Crippen LogP contribution in [0.1, 0.15) is 12.2 Å². The van der Waals surface area contributed by atoms with Crippen LogP contribution in [0.4, 0.5) is 4.79 Å². The van der Waals surface area contributed by atoms with Crippen molar-refractivity contribution in [3.05, 3.63) is 24.0 Å². The zero-order valence-electron chi connectivity index (χ0n) is 13.6. The van der Waals surface area contributed by atoms with E-state index in [9.17, 15) is 9.90 Å². The van der Waals surface area contributed by atoms with E-state index in [0.29, 0.717) is 25.9 Å². The molecule has 1 saturated heterocycles. The summed E-state index contributed by atoms with van der Waals surface area (Å²) in [5, 5.41) is 21.9. The van der Waals surface area contributed by atoms with Gasteiger partial charge >= 0.3 is 6.03 Å². The van der Waals surface area contributed by atoms with Gasteiger partial charge in [0.05, 0.1) is 31.3 Å². The number of fused-ring (bicyclic) bond motifs is 1. The summed E-state index contributed by atoms with van der Waals surface area (Å²) in [6.07, 6.45) is 0.961. The quantitative estimate of drug-likeness (QED) is 0.626. The summed E-state index contributed by atoms with van der Waals surface area (Å²) in [6, 6.07) is 5.37. The maximum atomic E-state index is 12.1. The number of ether oxygens (including phenoxy) is 1. The largest absolute Gasteiger partial charge is 0.497 e. The number of amides is 2. The Morgan fingerprint density at radius 3 is 3.08 bits per heavy atom. The average Bonchev–Trinajstić information content (AvgIpc) is 3.18. The van der Waals surface area contributed by atoms with Gasteiger partial charge in [-0.2, -0.15) is 0 Å². The third kappa shape index (κ3) is 3.44. The Kier molecular flexibility index (Phi) is 4.59. The number of carbonyl (C=O) groups is 1. The molecule has 0 radical (unpaired) electrons. The van der Waals surface area contributed by atoms with Gasteiger partial charge in [0.15, 0.2) is 0 Å². The van der Waals surface area contributed by atoms with E-state index in [2.05, 4.69) is 15.3 Å². The van der Waals surface area contributed by atoms with E-state index in [1.165, 1.54) is 4.90 Å². The molecule has 1 aliphatic heterocycles. The minimum atomic E-state index is -1.17. The Labute approximate surface area is 139 Å². The summed E-state index contributed by atoms with van der Waals surface area (Å²) in [5.41, 5.74) is 0.572. The lowest BCUT2D eigenvalue weighted by Gasteiger charge is -2.21. The second kappa shape index (κ2) is 6.66. The maximum Gasteiger partial charge on any atom is 0.317 e. The van der Waals surface area contributed by atoms with Crippen molar-refractivity contribution >= 4 is 17.1 Å². The highest BCUT2D eigenvalue weighted by Gasteiger charge is 2.37. The number of aliphatic hydroxyl groups is 2. The van der Waals surface area contributed by atoms with E-state index in [4.69, 9.17) is 9.84 Å². The van der Waals surface area contributed by atoms with Crippen molar-refractivity contribution in [3.63, 3.8) is 0 Å². The van der Waals surface area contributed by atoms with E-state index < -0.39 is 5.60 Å². The Balaban J connectivity index is 1.52. The van der Waals surface area contributed by atoms with E-state index >= 15 is 0 Å². The topological polar surface area (TPSA) is 111 Å². The fourth-order valence-electron chi connectivity index (χ4n) is 2.85. The zero-order valence-corrected chi connectivity index (χ0v) is 13.6. The summed E-state index contributed by atoms with van der Waals surface area (Å²) in [7, 11) is 1.62. The van der Waals surface area contributed by atoms with Gasteiger partial charge < -0.3 is 30.2 Å². The van der Waals surface area contributed by atoms with E-state index in [0.717, 1.165) is 22.6 Å². The number of aromatic nitrogens is 2. The third-order valence-electron chi connectivity index (χ3n) is 4.29. The van der Waals surface area contributed by atoms with Crippen molar-refractivity contribution < 1.29 is 19.7 Å². The number of carbonyl (C=O) groups excluding carboxylic acids is 1. The minimum absolute atomic E-state index is 0.153. The Morgan fingerprint density at radius 2 is 2.38 bits per heavy atom. The second-order valence-corrected chi connectivity index (χ2v) is 6.10. The van der Waals surface area contributed by atoms with Gasteiger partial charge in [-0.3, -0.25) is 0 Å². The number of nitrogens with zero attached hydrogens (tertiary/aromatic N) is 2. The molecule has 4 N–H and O–H groups in total. The minimum Gasteiger partial charge on any atom is -0.497 e. The molecule has 0 aliphatic carbocycles. The molecule has 0 saturated carbocycles. The first-order chi connectivity index (χ1) is 11.5. The van der Waals surface area contributed by atoms with Crippen molar-refractivity contribution in [2.45, 2.75) is 18.4 Å². The molecule has 24 heavy (non-hydrogen) atoms. The number of aromatic amines is 1. The Morgan fingerprint density at radius 1 is 1.54 bits per heavy atom. The molecule has 1 unspecified atom stereocenters. The standard InChI is InChI=1S/C16H22N4O4/c1-24-11-2-3-12-13(8-11)19-14(18-12)4-6-17-15(22)20-7-5-16(23,9-20)10-21/h2-3,8,21,23H,4-7,9-10H2,1H3,(H,17,22)(H,18,19). The number of nitrogens with one attached hydrogen (secondary N) is 2. The summed E-state index contributed by atoms with van der Waals surface area (Å²) < 4.78 is 5.18. The number of urea groups is 1. The van der Waals surface area contributed by atoms with Crippen molar-refractivity contribution in [2.24, 2.45) is 0 Å². The van der Waals surface area contributed by atoms with Crippen LogP contribution in [0.3, 0.4) is 0 Å². The molecule has 2 aromatic rings. The Hall–Kier alpha value is -2.32. The van der Waals surface area contributed by atoms with Crippen LogP contribution in [0.25, 0.3) is 11.0 Å². The molecule has 0 bridgehead atoms. The second-order valence-electron chi connectivity index (χ2n) is 6.10. The monoisotopic (exact) mass is 334 g/mol. The predicted molar refractivity (Wildman–Crippen MR) is 88.0 cm³/mol. The molecule has 130 valence electrons. The highest BCUT2D eigenvalue weighted by Crippen LogP contribution is 2.20.